The fraction of sp³-hybridized carbons (Fsp3) is 0.708. The average molecular weight is 558 g/mol. The second-order valence-corrected chi connectivity index (χ2v) is 17.3. The third-order valence-corrected chi connectivity index (χ3v) is 10.3. The predicted octanol–water partition coefficient (Wildman–Crippen LogP) is 6.00. The van der Waals surface area contributed by atoms with Gasteiger partial charge in [0.15, 0.2) is 13.5 Å². The van der Waals surface area contributed by atoms with Crippen molar-refractivity contribution in [2.24, 2.45) is 0 Å². The Morgan fingerprint density at radius 1 is 0.946 bits per heavy atom. The Labute approximate surface area is 224 Å². The normalized spacial score (nSPS) is 13.0. The molecule has 0 unspecified atom stereocenters. The molecule has 0 fully saturated rings. The van der Waals surface area contributed by atoms with E-state index in [4.69, 9.17) is 30.3 Å². The zero-order valence-corrected chi connectivity index (χ0v) is 25.5. The predicted molar refractivity (Wildman–Crippen MR) is 144 cm³/mol. The lowest BCUT2D eigenvalue weighted by Crippen LogP contribution is -2.44. The summed E-state index contributed by atoms with van der Waals surface area (Å²) in [6.45, 7) is 21.9. The van der Waals surface area contributed by atoms with Crippen LogP contribution in [0, 0.1) is 0 Å². The summed E-state index contributed by atoms with van der Waals surface area (Å²) in [5, 5.41) is 0.0489. The van der Waals surface area contributed by atoms with Crippen molar-refractivity contribution < 1.29 is 28.3 Å². The lowest BCUT2D eigenvalue weighted by molar-refractivity contribution is 0.0427. The number of fused-ring (bicyclic) bond motifs is 1. The third-order valence-electron chi connectivity index (χ3n) is 5.45. The summed E-state index contributed by atoms with van der Waals surface area (Å²) in [5.41, 5.74) is -1.35. The number of amides is 2. The van der Waals surface area contributed by atoms with Gasteiger partial charge in [0.05, 0.1) is 0 Å². The molecule has 0 aliphatic heterocycles. The van der Waals surface area contributed by atoms with Crippen molar-refractivity contribution in [2.45, 2.75) is 98.1 Å². The molecule has 2 aromatic heterocycles. The number of nitrogens with zero attached hydrogens (tertiary/aromatic N) is 5. The molecule has 2 amide bonds. The fourth-order valence-electron chi connectivity index (χ4n) is 2.65. The molecule has 0 bridgehead atoms. The van der Waals surface area contributed by atoms with Crippen LogP contribution in [0.4, 0.5) is 15.5 Å². The molecular formula is C24H40ClN5O6Si. The molecule has 2 heterocycles. The maximum absolute atomic E-state index is 13.0. The molecule has 0 radical (unpaired) electrons. The van der Waals surface area contributed by atoms with Crippen LogP contribution in [0.3, 0.4) is 0 Å². The standard InChI is InChI=1S/C24H40ClN5O6Si/c1-22(2,3)35-20(31)30(21(32)36-23(4,5)6)19-27-17(25)16-18(28-19)29(15-26-16)33-13-12-14-34-37(10,11)24(7,8)9/h15H,12-14H2,1-11H3. The molecule has 2 rings (SSSR count). The molecule has 0 aromatic carbocycles. The van der Waals surface area contributed by atoms with E-state index in [1.54, 1.807) is 41.5 Å². The quantitative estimate of drug-likeness (QED) is 0.229. The highest BCUT2D eigenvalue weighted by atomic mass is 35.5. The number of imidazole rings is 1. The highest BCUT2D eigenvalue weighted by molar-refractivity contribution is 6.74. The Kier molecular flexibility index (Phi) is 9.25. The minimum absolute atomic E-state index is 0.0688. The van der Waals surface area contributed by atoms with Crippen LogP contribution in [-0.2, 0) is 13.9 Å². The van der Waals surface area contributed by atoms with E-state index in [-0.39, 0.29) is 27.3 Å². The van der Waals surface area contributed by atoms with Gasteiger partial charge in [-0.15, -0.1) is 4.90 Å². The Morgan fingerprint density at radius 3 is 1.97 bits per heavy atom. The van der Waals surface area contributed by atoms with Gasteiger partial charge in [-0.1, -0.05) is 32.4 Å². The van der Waals surface area contributed by atoms with Crippen LogP contribution in [0.25, 0.3) is 11.2 Å². The number of hydrogen-bond donors (Lipinski definition) is 0. The summed E-state index contributed by atoms with van der Waals surface area (Å²) in [4.78, 5) is 45.0. The average Bonchev–Trinajstić information content (AvgIpc) is 3.07. The van der Waals surface area contributed by atoms with E-state index in [1.165, 1.54) is 11.1 Å². The molecule has 0 saturated heterocycles. The van der Waals surface area contributed by atoms with Crippen molar-refractivity contribution >= 4 is 49.2 Å². The molecule has 37 heavy (non-hydrogen) atoms. The third kappa shape index (κ3) is 8.54. The zero-order chi connectivity index (χ0) is 28.4. The minimum atomic E-state index is -1.85. The number of aromatic nitrogens is 4. The first-order chi connectivity index (χ1) is 16.7. The molecular weight excluding hydrogens is 518 g/mol. The second-order valence-electron chi connectivity index (χ2n) is 12.1. The first kappa shape index (κ1) is 30.8. The van der Waals surface area contributed by atoms with Crippen LogP contribution in [-0.4, -0.2) is 64.6 Å². The molecule has 0 saturated carbocycles. The van der Waals surface area contributed by atoms with Crippen LogP contribution in [0.2, 0.25) is 23.3 Å². The topological polar surface area (TPSA) is 118 Å². The molecule has 0 N–H and O–H groups in total. The van der Waals surface area contributed by atoms with E-state index >= 15 is 0 Å². The number of carbonyl (C=O) groups is 2. The summed E-state index contributed by atoms with van der Waals surface area (Å²) < 4.78 is 18.3. The summed E-state index contributed by atoms with van der Waals surface area (Å²) in [6.07, 6.45) is 0.0216. The molecule has 0 atom stereocenters. The highest BCUT2D eigenvalue weighted by Gasteiger charge is 2.37. The van der Waals surface area contributed by atoms with E-state index in [0.29, 0.717) is 24.5 Å². The van der Waals surface area contributed by atoms with Gasteiger partial charge in [0.1, 0.15) is 29.7 Å². The maximum Gasteiger partial charge on any atom is 0.427 e. The van der Waals surface area contributed by atoms with Crippen molar-refractivity contribution in [1.29, 1.82) is 0 Å². The van der Waals surface area contributed by atoms with E-state index in [1.807, 2.05) is 0 Å². The summed E-state index contributed by atoms with van der Waals surface area (Å²) in [6, 6.07) is 0. The van der Waals surface area contributed by atoms with Gasteiger partial charge < -0.3 is 18.7 Å². The van der Waals surface area contributed by atoms with Crippen molar-refractivity contribution in [2.75, 3.05) is 18.1 Å². The van der Waals surface area contributed by atoms with E-state index in [0.717, 1.165) is 0 Å². The smallest absolute Gasteiger partial charge is 0.427 e. The molecule has 11 nitrogen and oxygen atoms in total. The largest absolute Gasteiger partial charge is 0.443 e. The monoisotopic (exact) mass is 557 g/mol. The van der Waals surface area contributed by atoms with E-state index in [9.17, 15) is 9.59 Å². The van der Waals surface area contributed by atoms with Crippen molar-refractivity contribution in [3.63, 3.8) is 0 Å². The number of rotatable bonds is 7. The summed E-state index contributed by atoms with van der Waals surface area (Å²) in [5.74, 6) is -0.326. The van der Waals surface area contributed by atoms with Gasteiger partial charge in [0.2, 0.25) is 11.6 Å². The summed E-state index contributed by atoms with van der Waals surface area (Å²) >= 11 is 6.34. The van der Waals surface area contributed by atoms with Crippen LogP contribution >= 0.6 is 11.6 Å². The number of ether oxygens (including phenoxy) is 2. The molecule has 208 valence electrons. The SMILES string of the molecule is CC(C)(C)OC(=O)N(C(=O)OC(C)(C)C)c1nc(Cl)c2ncn(OCCCO[Si](C)(C)C(C)(C)C)c2n1. The molecule has 2 aromatic rings. The van der Waals surface area contributed by atoms with Crippen molar-refractivity contribution in [3.05, 3.63) is 11.5 Å². The van der Waals surface area contributed by atoms with Gasteiger partial charge >= 0.3 is 12.2 Å². The summed E-state index contributed by atoms with van der Waals surface area (Å²) in [7, 11) is -1.85. The van der Waals surface area contributed by atoms with Crippen LogP contribution in [0.5, 0.6) is 0 Å². The molecule has 0 spiro atoms. The van der Waals surface area contributed by atoms with Gasteiger partial charge in [-0.3, -0.25) is 0 Å². The number of anilines is 1. The van der Waals surface area contributed by atoms with E-state index in [2.05, 4.69) is 48.8 Å². The molecule has 0 aliphatic carbocycles. The molecule has 0 aliphatic rings. The Bertz CT molecular complexity index is 1090. The number of imide groups is 1. The highest BCUT2D eigenvalue weighted by Crippen LogP contribution is 2.36. The van der Waals surface area contributed by atoms with Gasteiger partial charge in [-0.25, -0.2) is 14.6 Å². The Hall–Kier alpha value is -2.44. The van der Waals surface area contributed by atoms with Crippen LogP contribution in [0.15, 0.2) is 6.33 Å². The zero-order valence-electron chi connectivity index (χ0n) is 23.8. The number of halogens is 1. The van der Waals surface area contributed by atoms with E-state index < -0.39 is 31.7 Å². The lowest BCUT2D eigenvalue weighted by Gasteiger charge is -2.36. The fourth-order valence-corrected chi connectivity index (χ4v) is 3.94. The maximum atomic E-state index is 13.0. The van der Waals surface area contributed by atoms with Crippen LogP contribution in [0.1, 0.15) is 68.7 Å². The van der Waals surface area contributed by atoms with Gasteiger partial charge in [0.25, 0.3) is 0 Å². The second kappa shape index (κ2) is 11.1. The van der Waals surface area contributed by atoms with Gasteiger partial charge in [-0.05, 0) is 59.7 Å². The Balaban J connectivity index is 2.29. The van der Waals surface area contributed by atoms with Crippen LogP contribution < -0.4 is 9.74 Å². The van der Waals surface area contributed by atoms with Crippen molar-refractivity contribution in [1.82, 2.24) is 19.7 Å². The number of carbonyl (C=O) groups excluding carboxylic acids is 2. The Morgan fingerprint density at radius 2 is 1.49 bits per heavy atom. The van der Waals surface area contributed by atoms with Gasteiger partial charge in [-0.2, -0.15) is 14.7 Å². The minimum Gasteiger partial charge on any atom is -0.443 e. The first-order valence-corrected chi connectivity index (χ1v) is 15.4. The first-order valence-electron chi connectivity index (χ1n) is 12.2. The lowest BCUT2D eigenvalue weighted by atomic mass is 10.2. The molecule has 13 heteroatoms. The number of hydrogen-bond acceptors (Lipinski definition) is 9. The van der Waals surface area contributed by atoms with Crippen molar-refractivity contribution in [3.8, 4) is 0 Å². The van der Waals surface area contributed by atoms with Gasteiger partial charge in [0, 0.05) is 13.0 Å².